The highest BCUT2D eigenvalue weighted by atomic mass is 16.6. The number of ether oxygens (including phenoxy) is 2. The normalized spacial score (nSPS) is 22.6. The molecule has 0 aliphatic carbocycles. The Morgan fingerprint density at radius 3 is 2.84 bits per heavy atom. The number of carbonyl (C=O) groups excluding carboxylic acids is 1. The number of nitrogens with zero attached hydrogens (tertiary/aromatic N) is 1. The van der Waals surface area contributed by atoms with Gasteiger partial charge in [-0.3, -0.25) is 0 Å². The molecule has 1 saturated heterocycles. The highest BCUT2D eigenvalue weighted by molar-refractivity contribution is 5.70. The summed E-state index contributed by atoms with van der Waals surface area (Å²) >= 11 is 0. The molecule has 106 valence electrons. The molecule has 2 heterocycles. The Hall–Kier alpha value is -1.49. The van der Waals surface area contributed by atoms with E-state index in [1.165, 1.54) is 4.90 Å². The summed E-state index contributed by atoms with van der Waals surface area (Å²) in [4.78, 5) is 13.6. The zero-order valence-electron chi connectivity index (χ0n) is 11.8. The van der Waals surface area contributed by atoms with E-state index in [1.807, 2.05) is 32.9 Å². The lowest BCUT2D eigenvalue weighted by Gasteiger charge is -2.32. The van der Waals surface area contributed by atoms with E-state index >= 15 is 0 Å². The number of hydrogen-bond acceptors (Lipinski definition) is 4. The minimum atomic E-state index is -0.501. The molecule has 0 radical (unpaired) electrons. The summed E-state index contributed by atoms with van der Waals surface area (Å²) < 4.78 is 11.1. The summed E-state index contributed by atoms with van der Waals surface area (Å²) in [5, 5.41) is 3.26. The van der Waals surface area contributed by atoms with Crippen molar-refractivity contribution in [2.24, 2.45) is 0 Å². The number of hydrogen-bond donors (Lipinski definition) is 1. The highest BCUT2D eigenvalue weighted by Gasteiger charge is 2.27. The van der Waals surface area contributed by atoms with Crippen LogP contribution in [0.25, 0.3) is 0 Å². The quantitative estimate of drug-likeness (QED) is 0.849. The van der Waals surface area contributed by atoms with Gasteiger partial charge in [0.2, 0.25) is 0 Å². The maximum Gasteiger partial charge on any atom is 0.417 e. The fourth-order valence-corrected chi connectivity index (χ4v) is 1.78. The molecule has 0 bridgehead atoms. The molecule has 0 aromatic carbocycles. The Morgan fingerprint density at radius 1 is 1.53 bits per heavy atom. The van der Waals surface area contributed by atoms with Gasteiger partial charge in [-0.05, 0) is 39.8 Å². The van der Waals surface area contributed by atoms with Crippen LogP contribution in [-0.4, -0.2) is 42.3 Å². The van der Waals surface area contributed by atoms with Crippen molar-refractivity contribution in [1.29, 1.82) is 0 Å². The van der Waals surface area contributed by atoms with E-state index in [-0.39, 0.29) is 6.09 Å². The van der Waals surface area contributed by atoms with Crippen LogP contribution in [0, 0.1) is 0 Å². The molecule has 2 rings (SSSR count). The molecule has 5 nitrogen and oxygen atoms in total. The van der Waals surface area contributed by atoms with Crippen molar-refractivity contribution in [3.05, 3.63) is 24.1 Å². The summed E-state index contributed by atoms with van der Waals surface area (Å²) in [5.74, 6) is 0.561. The molecule has 1 fully saturated rings. The van der Waals surface area contributed by atoms with Gasteiger partial charge in [0.05, 0.1) is 6.54 Å². The Bertz CT molecular complexity index is 392. The minimum Gasteiger partial charge on any atom is -0.477 e. The van der Waals surface area contributed by atoms with Crippen molar-refractivity contribution in [1.82, 2.24) is 10.2 Å². The van der Waals surface area contributed by atoms with Crippen LogP contribution in [0.1, 0.15) is 27.2 Å². The van der Waals surface area contributed by atoms with Gasteiger partial charge in [-0.1, -0.05) is 12.2 Å². The number of carbonyl (C=O) groups is 1. The van der Waals surface area contributed by atoms with Crippen LogP contribution in [0.4, 0.5) is 4.79 Å². The van der Waals surface area contributed by atoms with Gasteiger partial charge >= 0.3 is 6.09 Å². The van der Waals surface area contributed by atoms with Crippen molar-refractivity contribution in [3.8, 4) is 0 Å². The van der Waals surface area contributed by atoms with Gasteiger partial charge in [0.15, 0.2) is 5.88 Å². The summed E-state index contributed by atoms with van der Waals surface area (Å²) in [7, 11) is 0. The summed E-state index contributed by atoms with van der Waals surface area (Å²) in [6.45, 7) is 7.67. The third kappa shape index (κ3) is 3.99. The van der Waals surface area contributed by atoms with Gasteiger partial charge in [0.1, 0.15) is 12.2 Å². The van der Waals surface area contributed by atoms with Gasteiger partial charge in [-0.15, -0.1) is 0 Å². The number of allylic oxidation sites excluding steroid dienone is 2. The third-order valence-corrected chi connectivity index (χ3v) is 2.90. The first-order valence-corrected chi connectivity index (χ1v) is 6.69. The SMILES string of the molecule is CC(C)(C)OC(=O)N1CC=CC=C1OC[C@H]1CCN1. The van der Waals surface area contributed by atoms with Gasteiger partial charge in [0, 0.05) is 6.04 Å². The van der Waals surface area contributed by atoms with E-state index < -0.39 is 5.60 Å². The molecule has 19 heavy (non-hydrogen) atoms. The molecule has 0 unspecified atom stereocenters. The Balaban J connectivity index is 1.92. The van der Waals surface area contributed by atoms with Gasteiger partial charge in [0.25, 0.3) is 0 Å². The Kier molecular flexibility index (Phi) is 4.14. The van der Waals surface area contributed by atoms with E-state index in [0.29, 0.717) is 25.1 Å². The Morgan fingerprint density at radius 2 is 2.26 bits per heavy atom. The van der Waals surface area contributed by atoms with E-state index in [0.717, 1.165) is 13.0 Å². The minimum absolute atomic E-state index is 0.371. The average Bonchev–Trinajstić information content (AvgIpc) is 2.25. The van der Waals surface area contributed by atoms with Crippen LogP contribution in [0.3, 0.4) is 0 Å². The zero-order chi connectivity index (χ0) is 13.9. The van der Waals surface area contributed by atoms with Crippen LogP contribution in [-0.2, 0) is 9.47 Å². The highest BCUT2D eigenvalue weighted by Crippen LogP contribution is 2.18. The maximum absolute atomic E-state index is 12.1. The molecule has 0 aromatic rings. The summed E-state index contributed by atoms with van der Waals surface area (Å²) in [5.41, 5.74) is -0.501. The molecule has 2 aliphatic rings. The van der Waals surface area contributed by atoms with Gasteiger partial charge < -0.3 is 14.8 Å². The first-order valence-electron chi connectivity index (χ1n) is 6.69. The maximum atomic E-state index is 12.1. The monoisotopic (exact) mass is 266 g/mol. The van der Waals surface area contributed by atoms with E-state index in [4.69, 9.17) is 9.47 Å². The number of rotatable bonds is 3. The first kappa shape index (κ1) is 13.9. The van der Waals surface area contributed by atoms with Crippen molar-refractivity contribution in [2.45, 2.75) is 38.8 Å². The predicted octanol–water partition coefficient (Wildman–Crippen LogP) is 2.01. The molecule has 1 atom stereocenters. The van der Waals surface area contributed by atoms with Crippen LogP contribution in [0.15, 0.2) is 24.1 Å². The molecule has 2 aliphatic heterocycles. The standard InChI is InChI=1S/C14H22N2O3/c1-14(2,3)19-13(17)16-9-5-4-6-12(16)18-10-11-7-8-15-11/h4-6,11,15H,7-10H2,1-3H3/t11-/m1/s1. The second kappa shape index (κ2) is 5.65. The van der Waals surface area contributed by atoms with E-state index in [1.54, 1.807) is 6.08 Å². The van der Waals surface area contributed by atoms with Crippen molar-refractivity contribution in [2.75, 3.05) is 19.7 Å². The zero-order valence-corrected chi connectivity index (χ0v) is 11.8. The lowest BCUT2D eigenvalue weighted by Crippen LogP contribution is -2.47. The summed E-state index contributed by atoms with van der Waals surface area (Å²) in [6, 6.07) is 0.396. The Labute approximate surface area is 114 Å². The fraction of sp³-hybridized carbons (Fsp3) is 0.643. The van der Waals surface area contributed by atoms with E-state index in [9.17, 15) is 4.79 Å². The topological polar surface area (TPSA) is 50.8 Å². The van der Waals surface area contributed by atoms with Crippen LogP contribution in [0.2, 0.25) is 0 Å². The van der Waals surface area contributed by atoms with Crippen molar-refractivity contribution < 1.29 is 14.3 Å². The third-order valence-electron chi connectivity index (χ3n) is 2.90. The first-order chi connectivity index (χ1) is 8.96. The van der Waals surface area contributed by atoms with Crippen LogP contribution >= 0.6 is 0 Å². The second-order valence-electron chi connectivity index (χ2n) is 5.77. The lowest BCUT2D eigenvalue weighted by molar-refractivity contribution is 0.0137. The van der Waals surface area contributed by atoms with Crippen molar-refractivity contribution in [3.63, 3.8) is 0 Å². The predicted molar refractivity (Wildman–Crippen MR) is 72.5 cm³/mol. The molecule has 0 spiro atoms. The summed E-state index contributed by atoms with van der Waals surface area (Å²) in [6.07, 6.45) is 6.34. The van der Waals surface area contributed by atoms with Crippen LogP contribution < -0.4 is 5.32 Å². The number of nitrogens with one attached hydrogen (secondary N) is 1. The molecule has 1 amide bonds. The van der Waals surface area contributed by atoms with Crippen LogP contribution in [0.5, 0.6) is 0 Å². The molecular weight excluding hydrogens is 244 g/mol. The molecule has 1 N–H and O–H groups in total. The molecule has 5 heteroatoms. The smallest absolute Gasteiger partial charge is 0.417 e. The fourth-order valence-electron chi connectivity index (χ4n) is 1.78. The largest absolute Gasteiger partial charge is 0.477 e. The van der Waals surface area contributed by atoms with Gasteiger partial charge in [-0.2, -0.15) is 0 Å². The van der Waals surface area contributed by atoms with E-state index in [2.05, 4.69) is 5.32 Å². The molecule has 0 saturated carbocycles. The lowest BCUT2D eigenvalue weighted by atomic mass is 10.1. The molecule has 0 aromatic heterocycles. The van der Waals surface area contributed by atoms with Gasteiger partial charge in [-0.25, -0.2) is 9.69 Å². The van der Waals surface area contributed by atoms with Crippen molar-refractivity contribution >= 4 is 6.09 Å². The second-order valence-corrected chi connectivity index (χ2v) is 5.77. The molecular formula is C14H22N2O3. The average molecular weight is 266 g/mol. The number of amides is 1.